The van der Waals surface area contributed by atoms with Gasteiger partial charge in [-0.3, -0.25) is 0 Å². The second-order valence-electron chi connectivity index (χ2n) is 7.54. The van der Waals surface area contributed by atoms with Crippen LogP contribution in [0.2, 0.25) is 0 Å². The van der Waals surface area contributed by atoms with E-state index in [1.807, 2.05) is 50.2 Å². The first kappa shape index (κ1) is 20.4. The minimum atomic E-state index is -1.19. The smallest absolute Gasteiger partial charge is 0.349 e. The zero-order chi connectivity index (χ0) is 22.0. The van der Waals surface area contributed by atoms with Crippen molar-refractivity contribution >= 4 is 16.9 Å². The van der Waals surface area contributed by atoms with E-state index in [1.54, 1.807) is 36.4 Å². The molecule has 0 radical (unpaired) electrons. The fraction of sp³-hybridized carbons (Fsp3) is 0.154. The predicted octanol–water partition coefficient (Wildman–Crippen LogP) is 5.21. The maximum absolute atomic E-state index is 12.7. The summed E-state index contributed by atoms with van der Waals surface area (Å²) in [6, 6.07) is 22.0. The molecule has 1 atom stereocenters. The molecule has 1 N–H and O–H groups in total. The van der Waals surface area contributed by atoms with Gasteiger partial charge in [0.1, 0.15) is 11.3 Å². The van der Waals surface area contributed by atoms with Gasteiger partial charge in [-0.05, 0) is 42.7 Å². The lowest BCUT2D eigenvalue weighted by molar-refractivity contribution is -0.145. The van der Waals surface area contributed by atoms with Crippen LogP contribution >= 0.6 is 0 Å². The van der Waals surface area contributed by atoms with E-state index in [1.165, 1.54) is 0 Å². The van der Waals surface area contributed by atoms with Crippen molar-refractivity contribution in [2.24, 2.45) is 0 Å². The number of carboxylic acids is 1. The summed E-state index contributed by atoms with van der Waals surface area (Å²) in [6.45, 7) is 3.69. The molecule has 0 saturated carbocycles. The molecule has 0 unspecified atom stereocenters. The zero-order valence-corrected chi connectivity index (χ0v) is 17.3. The Kier molecular flexibility index (Phi) is 5.58. The number of hydrogen-bond donors (Lipinski definition) is 1. The first-order chi connectivity index (χ1) is 14.9. The normalized spacial score (nSPS) is 11.9. The largest absolute Gasteiger partial charge is 0.478 e. The minimum Gasteiger partial charge on any atom is -0.478 e. The van der Waals surface area contributed by atoms with Gasteiger partial charge in [0.2, 0.25) is 6.10 Å². The molecule has 3 aromatic carbocycles. The summed E-state index contributed by atoms with van der Waals surface area (Å²) in [5, 5.41) is 10.4. The van der Waals surface area contributed by atoms with Gasteiger partial charge in [-0.25, -0.2) is 9.59 Å². The standard InChI is InChI=1S/C26H22O5/c1-16-13-21(30-24(25(27)28)19-11-7-4-8-12-19)23-17(2)20(26(29)31-22(23)14-16)15-18-9-5-3-6-10-18/h3-14,24H,15H2,1-2H3,(H,27,28)/t24-/m0/s1. The number of benzene rings is 3. The summed E-state index contributed by atoms with van der Waals surface area (Å²) in [6.07, 6.45) is -0.769. The molecule has 4 aromatic rings. The van der Waals surface area contributed by atoms with Crippen molar-refractivity contribution in [3.05, 3.63) is 111 Å². The van der Waals surface area contributed by atoms with Crippen LogP contribution in [0.3, 0.4) is 0 Å². The Bertz CT molecular complexity index is 1290. The molecule has 0 saturated heterocycles. The molecule has 0 aliphatic rings. The van der Waals surface area contributed by atoms with E-state index in [0.717, 1.165) is 16.7 Å². The zero-order valence-electron chi connectivity index (χ0n) is 17.3. The average molecular weight is 414 g/mol. The van der Waals surface area contributed by atoms with Gasteiger partial charge in [-0.2, -0.15) is 0 Å². The topological polar surface area (TPSA) is 76.7 Å². The number of ether oxygens (including phenoxy) is 1. The molecule has 156 valence electrons. The van der Waals surface area contributed by atoms with Crippen molar-refractivity contribution < 1.29 is 19.1 Å². The monoisotopic (exact) mass is 414 g/mol. The molecule has 1 heterocycles. The van der Waals surface area contributed by atoms with E-state index in [-0.39, 0.29) is 0 Å². The molecule has 0 spiro atoms. The van der Waals surface area contributed by atoms with Gasteiger partial charge < -0.3 is 14.3 Å². The molecule has 0 amide bonds. The summed E-state index contributed by atoms with van der Waals surface area (Å²) >= 11 is 0. The van der Waals surface area contributed by atoms with Crippen LogP contribution in [-0.4, -0.2) is 11.1 Å². The van der Waals surface area contributed by atoms with Gasteiger partial charge in [0.25, 0.3) is 0 Å². The molecule has 5 nitrogen and oxygen atoms in total. The molecular formula is C26H22O5. The Morgan fingerprint density at radius 1 is 1.00 bits per heavy atom. The summed E-state index contributed by atoms with van der Waals surface area (Å²) in [4.78, 5) is 24.7. The lowest BCUT2D eigenvalue weighted by Crippen LogP contribution is -2.19. The Labute approximate surface area is 179 Å². The average Bonchev–Trinajstić information content (AvgIpc) is 2.75. The highest BCUT2D eigenvalue weighted by Crippen LogP contribution is 2.34. The number of hydrogen-bond acceptors (Lipinski definition) is 4. The fourth-order valence-corrected chi connectivity index (χ4v) is 3.75. The van der Waals surface area contributed by atoms with Crippen LogP contribution < -0.4 is 10.4 Å². The number of aliphatic carboxylic acids is 1. The Morgan fingerprint density at radius 2 is 1.65 bits per heavy atom. The lowest BCUT2D eigenvalue weighted by Gasteiger charge is -2.19. The van der Waals surface area contributed by atoms with Crippen LogP contribution in [-0.2, 0) is 11.2 Å². The van der Waals surface area contributed by atoms with Gasteiger partial charge in [0, 0.05) is 17.5 Å². The third-order valence-electron chi connectivity index (χ3n) is 5.28. The van der Waals surface area contributed by atoms with E-state index in [9.17, 15) is 14.7 Å². The minimum absolute atomic E-state index is 0.377. The molecule has 5 heteroatoms. The van der Waals surface area contributed by atoms with Crippen molar-refractivity contribution in [3.8, 4) is 5.75 Å². The second-order valence-corrected chi connectivity index (χ2v) is 7.54. The molecule has 0 aliphatic heterocycles. The van der Waals surface area contributed by atoms with Crippen molar-refractivity contribution in [2.45, 2.75) is 26.4 Å². The predicted molar refractivity (Wildman–Crippen MR) is 119 cm³/mol. The molecule has 0 fully saturated rings. The van der Waals surface area contributed by atoms with Crippen LogP contribution in [0.25, 0.3) is 11.0 Å². The number of rotatable bonds is 6. The summed E-state index contributed by atoms with van der Waals surface area (Å²) < 4.78 is 11.7. The maximum atomic E-state index is 12.7. The van der Waals surface area contributed by atoms with Gasteiger partial charge in [0.15, 0.2) is 0 Å². The summed E-state index contributed by atoms with van der Waals surface area (Å²) in [5.41, 5.74) is 3.55. The van der Waals surface area contributed by atoms with Gasteiger partial charge in [0.05, 0.1) is 5.39 Å². The molecule has 0 bridgehead atoms. The van der Waals surface area contributed by atoms with E-state index < -0.39 is 17.7 Å². The van der Waals surface area contributed by atoms with E-state index >= 15 is 0 Å². The quantitative estimate of drug-likeness (QED) is 0.439. The number of carbonyl (C=O) groups is 1. The fourth-order valence-electron chi connectivity index (χ4n) is 3.75. The molecule has 31 heavy (non-hydrogen) atoms. The molecule has 4 rings (SSSR count). The molecule has 1 aromatic heterocycles. The Balaban J connectivity index is 1.86. The number of aryl methyl sites for hydroxylation is 2. The van der Waals surface area contributed by atoms with Crippen LogP contribution in [0.4, 0.5) is 0 Å². The Morgan fingerprint density at radius 3 is 2.29 bits per heavy atom. The summed E-state index contributed by atoms with van der Waals surface area (Å²) in [7, 11) is 0. The first-order valence-corrected chi connectivity index (χ1v) is 9.99. The van der Waals surface area contributed by atoms with Crippen molar-refractivity contribution in [1.82, 2.24) is 0 Å². The van der Waals surface area contributed by atoms with E-state index in [4.69, 9.17) is 9.15 Å². The highest BCUT2D eigenvalue weighted by atomic mass is 16.5. The highest BCUT2D eigenvalue weighted by Gasteiger charge is 2.24. The van der Waals surface area contributed by atoms with Crippen LogP contribution in [0.15, 0.2) is 82.0 Å². The van der Waals surface area contributed by atoms with Crippen LogP contribution in [0, 0.1) is 13.8 Å². The molecule has 0 aliphatic carbocycles. The maximum Gasteiger partial charge on any atom is 0.349 e. The number of fused-ring (bicyclic) bond motifs is 1. The first-order valence-electron chi connectivity index (χ1n) is 9.99. The lowest BCUT2D eigenvalue weighted by atomic mass is 9.98. The third kappa shape index (κ3) is 4.21. The second kappa shape index (κ2) is 8.48. The highest BCUT2D eigenvalue weighted by molar-refractivity contribution is 5.89. The van der Waals surface area contributed by atoms with Gasteiger partial charge >= 0.3 is 11.6 Å². The van der Waals surface area contributed by atoms with Crippen LogP contribution in [0.1, 0.15) is 33.9 Å². The SMILES string of the molecule is Cc1cc(O[C@H](C(=O)O)c2ccccc2)c2c(C)c(Cc3ccccc3)c(=O)oc2c1. The van der Waals surface area contributed by atoms with Gasteiger partial charge in [-0.1, -0.05) is 60.7 Å². The van der Waals surface area contributed by atoms with Gasteiger partial charge in [-0.15, -0.1) is 0 Å². The van der Waals surface area contributed by atoms with E-state index in [2.05, 4.69) is 0 Å². The summed E-state index contributed by atoms with van der Waals surface area (Å²) in [5.74, 6) is -0.720. The third-order valence-corrected chi connectivity index (χ3v) is 5.28. The van der Waals surface area contributed by atoms with Crippen molar-refractivity contribution in [3.63, 3.8) is 0 Å². The molecular weight excluding hydrogens is 392 g/mol. The number of carboxylic acid groups (broad SMARTS) is 1. The van der Waals surface area contributed by atoms with E-state index in [0.29, 0.717) is 34.3 Å². The van der Waals surface area contributed by atoms with Crippen LogP contribution in [0.5, 0.6) is 5.75 Å². The van der Waals surface area contributed by atoms with Crippen molar-refractivity contribution in [1.29, 1.82) is 0 Å². The Hall–Kier alpha value is -3.86. The van der Waals surface area contributed by atoms with Crippen molar-refractivity contribution in [2.75, 3.05) is 0 Å².